The van der Waals surface area contributed by atoms with Crippen LogP contribution in [-0.4, -0.2) is 40.7 Å². The van der Waals surface area contributed by atoms with E-state index in [0.717, 1.165) is 18.5 Å². The van der Waals surface area contributed by atoms with Crippen molar-refractivity contribution < 1.29 is 18.4 Å². The fraction of sp³-hybridized carbons (Fsp3) is 0.375. The summed E-state index contributed by atoms with van der Waals surface area (Å²) in [6, 6.07) is 12.1. The fourth-order valence-corrected chi connectivity index (χ4v) is 4.30. The Morgan fingerprint density at radius 1 is 1.29 bits per heavy atom. The molecule has 0 radical (unpaired) electrons. The molecule has 7 heteroatoms. The maximum atomic E-state index is 14.1. The molecule has 3 heterocycles. The zero-order valence-corrected chi connectivity index (χ0v) is 17.6. The van der Waals surface area contributed by atoms with Gasteiger partial charge in [0, 0.05) is 43.5 Å². The van der Waals surface area contributed by atoms with Crippen LogP contribution in [0.1, 0.15) is 31.1 Å². The molecule has 0 saturated carbocycles. The normalized spacial score (nSPS) is 19.3. The van der Waals surface area contributed by atoms with Crippen LogP contribution in [0.15, 0.2) is 59.4 Å². The molecule has 4 rings (SSSR count). The standard InChI is InChI=1S/C24H26FN3O3/c1-2-30-23(29)24(10-6-12-28(17-24)16-18-7-5-11-26-15-18)14-19-13-22(27-31-19)20-8-3-4-9-21(20)25/h3-5,7-9,11,13,15H,2,6,10,12,14,16-17H2,1H3/t24-/m0/s1. The molecule has 0 N–H and O–H groups in total. The van der Waals surface area contributed by atoms with Gasteiger partial charge in [-0.3, -0.25) is 14.7 Å². The van der Waals surface area contributed by atoms with Gasteiger partial charge in [-0.1, -0.05) is 23.4 Å². The second-order valence-corrected chi connectivity index (χ2v) is 8.01. The summed E-state index contributed by atoms with van der Waals surface area (Å²) in [5, 5.41) is 4.05. The molecule has 3 aromatic rings. The molecule has 162 valence electrons. The fourth-order valence-electron chi connectivity index (χ4n) is 4.30. The molecule has 1 atom stereocenters. The number of piperidine rings is 1. The lowest BCUT2D eigenvalue weighted by atomic mass is 9.76. The van der Waals surface area contributed by atoms with Gasteiger partial charge in [0.05, 0.1) is 12.0 Å². The van der Waals surface area contributed by atoms with E-state index in [-0.39, 0.29) is 11.8 Å². The minimum atomic E-state index is -0.734. The molecule has 1 saturated heterocycles. The van der Waals surface area contributed by atoms with Crippen LogP contribution in [0.5, 0.6) is 0 Å². The molecule has 1 aliphatic heterocycles. The molecule has 2 aromatic heterocycles. The summed E-state index contributed by atoms with van der Waals surface area (Å²) in [6.07, 6.45) is 5.52. The maximum Gasteiger partial charge on any atom is 0.313 e. The molecule has 1 aromatic carbocycles. The van der Waals surface area contributed by atoms with Gasteiger partial charge in [0.25, 0.3) is 0 Å². The van der Waals surface area contributed by atoms with Crippen molar-refractivity contribution in [3.8, 4) is 11.3 Å². The number of nitrogens with zero attached hydrogens (tertiary/aromatic N) is 3. The lowest BCUT2D eigenvalue weighted by molar-refractivity contribution is -0.159. The summed E-state index contributed by atoms with van der Waals surface area (Å²) < 4.78 is 25.1. The molecular formula is C24H26FN3O3. The van der Waals surface area contributed by atoms with E-state index in [1.54, 1.807) is 30.5 Å². The predicted molar refractivity (Wildman–Crippen MR) is 113 cm³/mol. The number of esters is 1. The average molecular weight is 423 g/mol. The number of pyridine rings is 1. The predicted octanol–water partition coefficient (Wildman–Crippen LogP) is 4.26. The highest BCUT2D eigenvalue weighted by atomic mass is 19.1. The number of likely N-dealkylation sites (tertiary alicyclic amines) is 1. The molecule has 6 nitrogen and oxygen atoms in total. The van der Waals surface area contributed by atoms with Gasteiger partial charge < -0.3 is 9.26 Å². The van der Waals surface area contributed by atoms with Crippen molar-refractivity contribution in [3.05, 3.63) is 72.0 Å². The Balaban J connectivity index is 1.56. The van der Waals surface area contributed by atoms with E-state index in [0.29, 0.717) is 49.6 Å². The van der Waals surface area contributed by atoms with Crippen molar-refractivity contribution in [1.29, 1.82) is 0 Å². The van der Waals surface area contributed by atoms with E-state index in [4.69, 9.17) is 9.26 Å². The van der Waals surface area contributed by atoms with Crippen LogP contribution in [-0.2, 0) is 22.5 Å². The molecule has 0 unspecified atom stereocenters. The molecule has 1 aliphatic rings. The summed E-state index contributed by atoms with van der Waals surface area (Å²) in [7, 11) is 0. The molecule has 0 bridgehead atoms. The number of hydrogen-bond donors (Lipinski definition) is 0. The molecule has 0 spiro atoms. The largest absolute Gasteiger partial charge is 0.466 e. The van der Waals surface area contributed by atoms with Crippen molar-refractivity contribution in [2.24, 2.45) is 5.41 Å². The van der Waals surface area contributed by atoms with Gasteiger partial charge in [-0.05, 0) is 50.1 Å². The third kappa shape index (κ3) is 4.82. The van der Waals surface area contributed by atoms with Gasteiger partial charge in [0.15, 0.2) is 0 Å². The number of rotatable bonds is 7. The van der Waals surface area contributed by atoms with Crippen molar-refractivity contribution in [2.45, 2.75) is 32.7 Å². The number of hydrogen-bond acceptors (Lipinski definition) is 6. The van der Waals surface area contributed by atoms with Crippen LogP contribution in [0.25, 0.3) is 11.3 Å². The molecular weight excluding hydrogens is 397 g/mol. The first-order valence-corrected chi connectivity index (χ1v) is 10.6. The SMILES string of the molecule is CCOC(=O)[C@]1(Cc2cc(-c3ccccc3F)no2)CCCN(Cc2cccnc2)C1. The number of aromatic nitrogens is 2. The highest BCUT2D eigenvalue weighted by molar-refractivity contribution is 5.77. The first-order valence-electron chi connectivity index (χ1n) is 10.6. The third-order valence-electron chi connectivity index (χ3n) is 5.71. The zero-order chi connectivity index (χ0) is 21.7. The second-order valence-electron chi connectivity index (χ2n) is 8.01. The van der Waals surface area contributed by atoms with E-state index < -0.39 is 5.41 Å². The topological polar surface area (TPSA) is 68.5 Å². The maximum absolute atomic E-state index is 14.1. The van der Waals surface area contributed by atoms with Crippen LogP contribution < -0.4 is 0 Å². The average Bonchev–Trinajstić information content (AvgIpc) is 3.23. The minimum Gasteiger partial charge on any atom is -0.466 e. The number of carbonyl (C=O) groups excluding carboxylic acids is 1. The van der Waals surface area contributed by atoms with Crippen LogP contribution in [0.3, 0.4) is 0 Å². The smallest absolute Gasteiger partial charge is 0.313 e. The number of ether oxygens (including phenoxy) is 1. The van der Waals surface area contributed by atoms with Crippen LogP contribution >= 0.6 is 0 Å². The molecule has 1 fully saturated rings. The van der Waals surface area contributed by atoms with Gasteiger partial charge in [-0.15, -0.1) is 0 Å². The number of halogens is 1. The molecule has 0 amide bonds. The zero-order valence-electron chi connectivity index (χ0n) is 17.6. The molecule has 0 aliphatic carbocycles. The van der Waals surface area contributed by atoms with Gasteiger partial charge in [0.1, 0.15) is 17.3 Å². The summed E-state index contributed by atoms with van der Waals surface area (Å²) in [6.45, 7) is 4.29. The van der Waals surface area contributed by atoms with Crippen molar-refractivity contribution >= 4 is 5.97 Å². The van der Waals surface area contributed by atoms with Crippen LogP contribution in [0.4, 0.5) is 4.39 Å². The first kappa shape index (κ1) is 21.2. The van der Waals surface area contributed by atoms with Crippen molar-refractivity contribution in [3.63, 3.8) is 0 Å². The summed E-state index contributed by atoms with van der Waals surface area (Å²) in [5.74, 6) is -0.0352. The lowest BCUT2D eigenvalue weighted by Crippen LogP contribution is -2.49. The van der Waals surface area contributed by atoms with E-state index in [1.807, 2.05) is 25.3 Å². The van der Waals surface area contributed by atoms with E-state index in [1.165, 1.54) is 6.07 Å². The van der Waals surface area contributed by atoms with Crippen LogP contribution in [0.2, 0.25) is 0 Å². The van der Waals surface area contributed by atoms with Gasteiger partial charge >= 0.3 is 5.97 Å². The summed E-state index contributed by atoms with van der Waals surface area (Å²) >= 11 is 0. The van der Waals surface area contributed by atoms with Gasteiger partial charge in [0.2, 0.25) is 0 Å². The van der Waals surface area contributed by atoms with E-state index >= 15 is 0 Å². The van der Waals surface area contributed by atoms with Gasteiger partial charge in [-0.25, -0.2) is 4.39 Å². The Bertz CT molecular complexity index is 1020. The summed E-state index contributed by atoms with van der Waals surface area (Å²) in [5.41, 5.74) is 1.17. The van der Waals surface area contributed by atoms with Crippen molar-refractivity contribution in [2.75, 3.05) is 19.7 Å². The monoisotopic (exact) mass is 423 g/mol. The van der Waals surface area contributed by atoms with E-state index in [2.05, 4.69) is 15.0 Å². The highest BCUT2D eigenvalue weighted by Crippen LogP contribution is 2.37. The highest BCUT2D eigenvalue weighted by Gasteiger charge is 2.44. The van der Waals surface area contributed by atoms with Crippen molar-refractivity contribution in [1.82, 2.24) is 15.0 Å². The lowest BCUT2D eigenvalue weighted by Gasteiger charge is -2.40. The second kappa shape index (κ2) is 9.39. The number of carbonyl (C=O) groups is 1. The summed E-state index contributed by atoms with van der Waals surface area (Å²) in [4.78, 5) is 19.5. The van der Waals surface area contributed by atoms with Gasteiger partial charge in [-0.2, -0.15) is 0 Å². The third-order valence-corrected chi connectivity index (χ3v) is 5.71. The minimum absolute atomic E-state index is 0.227. The van der Waals surface area contributed by atoms with Crippen LogP contribution in [0, 0.1) is 11.2 Å². The quantitative estimate of drug-likeness (QED) is 0.529. The Hall–Kier alpha value is -3.06. The molecule has 31 heavy (non-hydrogen) atoms. The first-order chi connectivity index (χ1) is 15.1. The van der Waals surface area contributed by atoms with E-state index in [9.17, 15) is 9.18 Å². The Labute approximate surface area is 181 Å². The number of benzene rings is 1. The Morgan fingerprint density at radius 3 is 2.94 bits per heavy atom. The Kier molecular flexibility index (Phi) is 6.42. The Morgan fingerprint density at radius 2 is 2.16 bits per heavy atom.